The lowest BCUT2D eigenvalue weighted by Gasteiger charge is -2.28. The monoisotopic (exact) mass is 262 g/mol. The Kier molecular flexibility index (Phi) is 5.27. The molecule has 19 heavy (non-hydrogen) atoms. The molecule has 2 aliphatic rings. The van der Waals surface area contributed by atoms with Gasteiger partial charge in [0.15, 0.2) is 0 Å². The molecule has 1 heteroatoms. The largest absolute Gasteiger partial charge is 0.380 e. The number of rotatable bonds is 4. The smallest absolute Gasteiger partial charge is 0.0531 e. The third kappa shape index (κ3) is 4.21. The van der Waals surface area contributed by atoms with E-state index in [9.17, 15) is 0 Å². The molecule has 0 spiro atoms. The molecule has 2 aliphatic carbocycles. The molecule has 4 atom stereocenters. The van der Waals surface area contributed by atoms with Crippen LogP contribution in [0.1, 0.15) is 53.4 Å². The van der Waals surface area contributed by atoms with Gasteiger partial charge in [0.1, 0.15) is 0 Å². The summed E-state index contributed by atoms with van der Waals surface area (Å²) >= 11 is 0. The zero-order valence-electron chi connectivity index (χ0n) is 13.1. The highest BCUT2D eigenvalue weighted by atomic mass is 16.5. The number of ether oxygens (including phenoxy) is 1. The minimum atomic E-state index is 0.669. The normalized spacial score (nSPS) is 35.8. The van der Waals surface area contributed by atoms with E-state index in [1.807, 2.05) is 0 Å². The van der Waals surface area contributed by atoms with Crippen molar-refractivity contribution in [2.24, 2.45) is 23.7 Å². The summed E-state index contributed by atoms with van der Waals surface area (Å²) < 4.78 is 6.04. The van der Waals surface area contributed by atoms with E-state index in [4.69, 9.17) is 4.74 Å². The summed E-state index contributed by atoms with van der Waals surface area (Å²) in [5.41, 5.74) is 3.09. The first-order valence-corrected chi connectivity index (χ1v) is 8.00. The van der Waals surface area contributed by atoms with Crippen molar-refractivity contribution in [3.8, 4) is 0 Å². The number of hydrogen-bond acceptors (Lipinski definition) is 1. The molecule has 0 aliphatic heterocycles. The Labute approximate surface area is 119 Å². The highest BCUT2D eigenvalue weighted by Gasteiger charge is 2.21. The van der Waals surface area contributed by atoms with Crippen molar-refractivity contribution < 1.29 is 4.74 Å². The van der Waals surface area contributed by atoms with Gasteiger partial charge in [-0.2, -0.15) is 0 Å². The zero-order valence-corrected chi connectivity index (χ0v) is 13.1. The van der Waals surface area contributed by atoms with Crippen LogP contribution in [0, 0.1) is 23.7 Å². The van der Waals surface area contributed by atoms with Crippen LogP contribution >= 0.6 is 0 Å². The standard InChI is InChI=1S/C18H30O/c1-13-5-7-17(15(3)9-13)11-19-12-18-8-6-14(2)10-16(18)4/h9-10,13-14,17-18H,5-8,11-12H2,1-4H3. The molecule has 0 bridgehead atoms. The lowest BCUT2D eigenvalue weighted by molar-refractivity contribution is 0.0778. The number of allylic oxidation sites excluding steroid dienone is 2. The summed E-state index contributed by atoms with van der Waals surface area (Å²) in [6.07, 6.45) is 10.1. The average molecular weight is 262 g/mol. The van der Waals surface area contributed by atoms with Gasteiger partial charge >= 0.3 is 0 Å². The first kappa shape index (κ1) is 14.8. The second-order valence-corrected chi connectivity index (χ2v) is 6.86. The van der Waals surface area contributed by atoms with Crippen LogP contribution < -0.4 is 0 Å². The lowest BCUT2D eigenvalue weighted by atomic mass is 9.83. The predicted molar refractivity (Wildman–Crippen MR) is 82.1 cm³/mol. The molecule has 4 unspecified atom stereocenters. The van der Waals surface area contributed by atoms with Crippen LogP contribution in [0.15, 0.2) is 23.3 Å². The van der Waals surface area contributed by atoms with Crippen LogP contribution in [0.5, 0.6) is 0 Å². The molecule has 0 aromatic rings. The molecule has 0 saturated carbocycles. The molecular weight excluding hydrogens is 232 g/mol. The summed E-state index contributed by atoms with van der Waals surface area (Å²) in [6, 6.07) is 0. The topological polar surface area (TPSA) is 9.23 Å². The van der Waals surface area contributed by atoms with Gasteiger partial charge < -0.3 is 4.74 Å². The summed E-state index contributed by atoms with van der Waals surface area (Å²) in [4.78, 5) is 0. The van der Waals surface area contributed by atoms with Crippen molar-refractivity contribution in [2.75, 3.05) is 13.2 Å². The quantitative estimate of drug-likeness (QED) is 0.649. The molecule has 108 valence electrons. The molecule has 0 N–H and O–H groups in total. The van der Waals surface area contributed by atoms with Crippen LogP contribution in [0.2, 0.25) is 0 Å². The van der Waals surface area contributed by atoms with Gasteiger partial charge in [-0.15, -0.1) is 0 Å². The first-order chi connectivity index (χ1) is 9.06. The van der Waals surface area contributed by atoms with E-state index < -0.39 is 0 Å². The second-order valence-electron chi connectivity index (χ2n) is 6.86. The molecule has 0 saturated heterocycles. The van der Waals surface area contributed by atoms with E-state index in [1.54, 1.807) is 11.1 Å². The lowest BCUT2D eigenvalue weighted by Crippen LogP contribution is -2.21. The van der Waals surface area contributed by atoms with Gasteiger partial charge in [0, 0.05) is 11.8 Å². The van der Waals surface area contributed by atoms with Crippen LogP contribution in [-0.2, 0) is 4.74 Å². The van der Waals surface area contributed by atoms with Gasteiger partial charge in [-0.1, -0.05) is 37.1 Å². The van der Waals surface area contributed by atoms with Crippen molar-refractivity contribution in [2.45, 2.75) is 53.4 Å². The molecule has 0 aromatic heterocycles. The van der Waals surface area contributed by atoms with Crippen LogP contribution in [0.4, 0.5) is 0 Å². The fraction of sp³-hybridized carbons (Fsp3) is 0.778. The fourth-order valence-electron chi connectivity index (χ4n) is 3.50. The van der Waals surface area contributed by atoms with Crippen molar-refractivity contribution in [1.82, 2.24) is 0 Å². The van der Waals surface area contributed by atoms with Gasteiger partial charge in [-0.3, -0.25) is 0 Å². The molecule has 0 fully saturated rings. The Balaban J connectivity index is 1.75. The van der Waals surface area contributed by atoms with Crippen LogP contribution in [-0.4, -0.2) is 13.2 Å². The SMILES string of the molecule is CC1=CC(C)CCC1COCC1CCC(C)C=C1C. The van der Waals surface area contributed by atoms with E-state index >= 15 is 0 Å². The van der Waals surface area contributed by atoms with Gasteiger partial charge in [-0.25, -0.2) is 0 Å². The third-order valence-electron chi connectivity index (χ3n) is 4.96. The first-order valence-electron chi connectivity index (χ1n) is 8.00. The highest BCUT2D eigenvalue weighted by Crippen LogP contribution is 2.30. The molecular formula is C18H30O. The summed E-state index contributed by atoms with van der Waals surface area (Å²) in [5.74, 6) is 2.87. The molecule has 0 aromatic carbocycles. The van der Waals surface area contributed by atoms with E-state index in [1.165, 1.54) is 25.7 Å². The Bertz CT molecular complexity index is 319. The van der Waals surface area contributed by atoms with E-state index in [0.29, 0.717) is 11.8 Å². The molecule has 0 heterocycles. The maximum atomic E-state index is 6.04. The van der Waals surface area contributed by atoms with Crippen molar-refractivity contribution in [3.63, 3.8) is 0 Å². The van der Waals surface area contributed by atoms with Crippen molar-refractivity contribution in [1.29, 1.82) is 0 Å². The molecule has 0 amide bonds. The summed E-state index contributed by atoms with van der Waals surface area (Å²) in [5, 5.41) is 0. The number of hydrogen-bond donors (Lipinski definition) is 0. The maximum absolute atomic E-state index is 6.04. The highest BCUT2D eigenvalue weighted by molar-refractivity contribution is 5.10. The van der Waals surface area contributed by atoms with Gasteiger partial charge in [0.05, 0.1) is 13.2 Å². The molecule has 2 rings (SSSR count). The predicted octanol–water partition coefficient (Wildman–Crippen LogP) is 4.99. The third-order valence-corrected chi connectivity index (χ3v) is 4.96. The average Bonchev–Trinajstić information content (AvgIpc) is 2.34. The van der Waals surface area contributed by atoms with Crippen molar-refractivity contribution in [3.05, 3.63) is 23.3 Å². The molecule has 1 nitrogen and oxygen atoms in total. The van der Waals surface area contributed by atoms with Gasteiger partial charge in [0.2, 0.25) is 0 Å². The Morgan fingerprint density at radius 3 is 1.63 bits per heavy atom. The Hall–Kier alpha value is -0.560. The van der Waals surface area contributed by atoms with Crippen molar-refractivity contribution >= 4 is 0 Å². The fourth-order valence-corrected chi connectivity index (χ4v) is 3.50. The zero-order chi connectivity index (χ0) is 13.8. The Morgan fingerprint density at radius 2 is 1.26 bits per heavy atom. The van der Waals surface area contributed by atoms with Gasteiger partial charge in [0.25, 0.3) is 0 Å². The second kappa shape index (κ2) is 6.74. The van der Waals surface area contributed by atoms with E-state index in [-0.39, 0.29) is 0 Å². The summed E-state index contributed by atoms with van der Waals surface area (Å²) in [6.45, 7) is 11.0. The maximum Gasteiger partial charge on any atom is 0.0531 e. The van der Waals surface area contributed by atoms with Crippen LogP contribution in [0.25, 0.3) is 0 Å². The van der Waals surface area contributed by atoms with E-state index in [0.717, 1.165) is 25.0 Å². The minimum absolute atomic E-state index is 0.669. The van der Waals surface area contributed by atoms with Gasteiger partial charge in [-0.05, 0) is 51.4 Å². The molecule has 0 radical (unpaired) electrons. The van der Waals surface area contributed by atoms with Crippen LogP contribution in [0.3, 0.4) is 0 Å². The van der Waals surface area contributed by atoms with E-state index in [2.05, 4.69) is 39.8 Å². The minimum Gasteiger partial charge on any atom is -0.380 e. The summed E-state index contributed by atoms with van der Waals surface area (Å²) in [7, 11) is 0. The Morgan fingerprint density at radius 1 is 0.842 bits per heavy atom.